The van der Waals surface area contributed by atoms with Crippen LogP contribution in [0.4, 0.5) is 4.79 Å². The molecule has 0 bridgehead atoms. The number of ether oxygens (including phenoxy) is 1. The highest BCUT2D eigenvalue weighted by molar-refractivity contribution is 5.90. The Morgan fingerprint density at radius 2 is 1.73 bits per heavy atom. The average molecular weight is 307 g/mol. The van der Waals surface area contributed by atoms with E-state index in [9.17, 15) is 14.4 Å². The summed E-state index contributed by atoms with van der Waals surface area (Å²) in [6, 6.07) is 7.74. The fourth-order valence-corrected chi connectivity index (χ4v) is 1.80. The van der Waals surface area contributed by atoms with Crippen LogP contribution in [0.2, 0.25) is 0 Å². The molecule has 0 saturated heterocycles. The van der Waals surface area contributed by atoms with Gasteiger partial charge in [-0.3, -0.25) is 9.59 Å². The zero-order chi connectivity index (χ0) is 16.8. The predicted molar refractivity (Wildman–Crippen MR) is 80.4 cm³/mol. The minimum absolute atomic E-state index is 0.162. The number of carboxylic acids is 1. The molecule has 0 aliphatic heterocycles. The average Bonchev–Trinajstić information content (AvgIpc) is 2.41. The van der Waals surface area contributed by atoms with E-state index in [-0.39, 0.29) is 18.6 Å². The molecule has 0 aliphatic carbocycles. The van der Waals surface area contributed by atoms with Gasteiger partial charge in [-0.1, -0.05) is 30.3 Å². The number of hydrogen-bond acceptors (Lipinski definition) is 4. The van der Waals surface area contributed by atoms with Crippen LogP contribution in [0.1, 0.15) is 45.2 Å². The van der Waals surface area contributed by atoms with Gasteiger partial charge in [-0.05, 0) is 26.3 Å². The van der Waals surface area contributed by atoms with Crippen LogP contribution < -0.4 is 5.32 Å². The number of carboxylic acid groups (broad SMARTS) is 1. The molecule has 0 radical (unpaired) electrons. The highest BCUT2D eigenvalue weighted by atomic mass is 16.6. The monoisotopic (exact) mass is 307 g/mol. The van der Waals surface area contributed by atoms with Crippen molar-refractivity contribution in [2.24, 2.45) is 0 Å². The molecule has 0 aliphatic rings. The molecular weight excluding hydrogens is 286 g/mol. The maximum atomic E-state index is 12.2. The minimum atomic E-state index is -1.06. The minimum Gasteiger partial charge on any atom is -0.481 e. The zero-order valence-electron chi connectivity index (χ0n) is 13.0. The second-order valence-electron chi connectivity index (χ2n) is 5.85. The fourth-order valence-electron chi connectivity index (χ4n) is 1.80. The molecule has 1 rings (SSSR count). The summed E-state index contributed by atoms with van der Waals surface area (Å²) in [6.07, 6.45) is -1.16. The van der Waals surface area contributed by atoms with Crippen molar-refractivity contribution in [3.63, 3.8) is 0 Å². The number of hydrogen-bond donors (Lipinski definition) is 2. The van der Waals surface area contributed by atoms with Crippen LogP contribution in [-0.4, -0.2) is 28.6 Å². The highest BCUT2D eigenvalue weighted by Crippen LogP contribution is 2.17. The van der Waals surface area contributed by atoms with Crippen LogP contribution in [0.3, 0.4) is 0 Å². The van der Waals surface area contributed by atoms with Gasteiger partial charge in [-0.2, -0.15) is 0 Å². The van der Waals surface area contributed by atoms with Crippen molar-refractivity contribution in [1.29, 1.82) is 0 Å². The second-order valence-corrected chi connectivity index (χ2v) is 5.85. The summed E-state index contributed by atoms with van der Waals surface area (Å²) in [4.78, 5) is 34.7. The first-order chi connectivity index (χ1) is 10.2. The lowest BCUT2D eigenvalue weighted by Gasteiger charge is -2.23. The predicted octanol–water partition coefficient (Wildman–Crippen LogP) is 2.69. The SMILES string of the molecule is CC(C)(C)OC(=O)N[C@H](C(=O)CCC(=O)O)c1ccccc1. The Kier molecular flexibility index (Phi) is 6.10. The van der Waals surface area contributed by atoms with Crippen molar-refractivity contribution >= 4 is 17.8 Å². The van der Waals surface area contributed by atoms with Gasteiger partial charge in [-0.25, -0.2) is 4.79 Å². The number of aliphatic carboxylic acids is 1. The van der Waals surface area contributed by atoms with Crippen LogP contribution in [0.5, 0.6) is 0 Å². The number of rotatable bonds is 6. The Balaban J connectivity index is 2.85. The van der Waals surface area contributed by atoms with Crippen LogP contribution in [0.25, 0.3) is 0 Å². The lowest BCUT2D eigenvalue weighted by Crippen LogP contribution is -2.38. The Morgan fingerprint density at radius 1 is 1.14 bits per heavy atom. The molecule has 0 unspecified atom stereocenters. The lowest BCUT2D eigenvalue weighted by molar-refractivity contribution is -0.138. The van der Waals surface area contributed by atoms with E-state index in [2.05, 4.69) is 5.32 Å². The number of benzene rings is 1. The first-order valence-corrected chi connectivity index (χ1v) is 6.98. The smallest absolute Gasteiger partial charge is 0.408 e. The molecule has 120 valence electrons. The number of carbonyl (C=O) groups excluding carboxylic acids is 2. The third-order valence-electron chi connectivity index (χ3n) is 2.70. The van der Waals surface area contributed by atoms with E-state index in [1.54, 1.807) is 51.1 Å². The number of amides is 1. The zero-order valence-corrected chi connectivity index (χ0v) is 13.0. The molecule has 1 atom stereocenters. The van der Waals surface area contributed by atoms with E-state index in [0.29, 0.717) is 5.56 Å². The third-order valence-corrected chi connectivity index (χ3v) is 2.70. The summed E-state index contributed by atoms with van der Waals surface area (Å²) in [5.74, 6) is -1.43. The summed E-state index contributed by atoms with van der Waals surface area (Å²) in [7, 11) is 0. The van der Waals surface area contributed by atoms with E-state index >= 15 is 0 Å². The van der Waals surface area contributed by atoms with Crippen molar-refractivity contribution < 1.29 is 24.2 Å². The Bertz CT molecular complexity index is 533. The summed E-state index contributed by atoms with van der Waals surface area (Å²) in [5.41, 5.74) is -0.0983. The van der Waals surface area contributed by atoms with Crippen LogP contribution in [0.15, 0.2) is 30.3 Å². The topological polar surface area (TPSA) is 92.7 Å². The Morgan fingerprint density at radius 3 is 2.23 bits per heavy atom. The van der Waals surface area contributed by atoms with Gasteiger partial charge in [0.15, 0.2) is 5.78 Å². The molecule has 22 heavy (non-hydrogen) atoms. The summed E-state index contributed by atoms with van der Waals surface area (Å²) >= 11 is 0. The van der Waals surface area contributed by atoms with Crippen molar-refractivity contribution in [3.8, 4) is 0 Å². The summed E-state index contributed by atoms with van der Waals surface area (Å²) in [6.45, 7) is 5.16. The van der Waals surface area contributed by atoms with Gasteiger partial charge in [0.2, 0.25) is 0 Å². The van der Waals surface area contributed by atoms with Gasteiger partial charge in [-0.15, -0.1) is 0 Å². The lowest BCUT2D eigenvalue weighted by atomic mass is 10.00. The highest BCUT2D eigenvalue weighted by Gasteiger charge is 2.25. The number of Topliss-reactive ketones (excluding diaryl/α,β-unsaturated/α-hetero) is 1. The molecule has 0 aromatic heterocycles. The number of nitrogens with one attached hydrogen (secondary N) is 1. The van der Waals surface area contributed by atoms with E-state index in [1.807, 2.05) is 0 Å². The van der Waals surface area contributed by atoms with Gasteiger partial charge in [0.25, 0.3) is 0 Å². The molecule has 2 N–H and O–H groups in total. The van der Waals surface area contributed by atoms with Gasteiger partial charge >= 0.3 is 12.1 Å². The number of carbonyl (C=O) groups is 3. The Hall–Kier alpha value is -2.37. The molecule has 1 aromatic carbocycles. The molecule has 0 heterocycles. The molecule has 1 amide bonds. The van der Waals surface area contributed by atoms with Crippen molar-refractivity contribution in [1.82, 2.24) is 5.32 Å². The molecule has 1 aromatic rings. The molecule has 0 saturated carbocycles. The van der Waals surface area contributed by atoms with E-state index in [4.69, 9.17) is 9.84 Å². The van der Waals surface area contributed by atoms with Gasteiger partial charge < -0.3 is 15.2 Å². The standard InChI is InChI=1S/C16H21NO5/c1-16(2,3)22-15(21)17-14(11-7-5-4-6-8-11)12(18)9-10-13(19)20/h4-8,14H,9-10H2,1-3H3,(H,17,21)(H,19,20)/t14-/m0/s1. The van der Waals surface area contributed by atoms with E-state index in [0.717, 1.165) is 0 Å². The normalized spacial score (nSPS) is 12.3. The second kappa shape index (κ2) is 7.59. The third kappa shape index (κ3) is 6.39. The van der Waals surface area contributed by atoms with Gasteiger partial charge in [0.1, 0.15) is 11.6 Å². The number of alkyl carbamates (subject to hydrolysis) is 1. The first kappa shape index (κ1) is 17.7. The van der Waals surface area contributed by atoms with Gasteiger partial charge in [0.05, 0.1) is 6.42 Å². The van der Waals surface area contributed by atoms with Crippen molar-refractivity contribution in [3.05, 3.63) is 35.9 Å². The van der Waals surface area contributed by atoms with Crippen LogP contribution >= 0.6 is 0 Å². The number of ketones is 1. The van der Waals surface area contributed by atoms with Crippen molar-refractivity contribution in [2.75, 3.05) is 0 Å². The molecule has 0 spiro atoms. The summed E-state index contributed by atoms with van der Waals surface area (Å²) in [5, 5.41) is 11.2. The summed E-state index contributed by atoms with van der Waals surface area (Å²) < 4.78 is 5.15. The fraction of sp³-hybridized carbons (Fsp3) is 0.438. The van der Waals surface area contributed by atoms with E-state index < -0.39 is 23.7 Å². The van der Waals surface area contributed by atoms with Crippen LogP contribution in [0, 0.1) is 0 Å². The molecule has 6 heteroatoms. The maximum absolute atomic E-state index is 12.2. The Labute approximate surface area is 129 Å². The van der Waals surface area contributed by atoms with Crippen molar-refractivity contribution in [2.45, 2.75) is 45.3 Å². The van der Waals surface area contributed by atoms with Crippen LogP contribution in [-0.2, 0) is 14.3 Å². The quantitative estimate of drug-likeness (QED) is 0.843. The molecular formula is C16H21NO5. The molecule has 6 nitrogen and oxygen atoms in total. The first-order valence-electron chi connectivity index (χ1n) is 6.98. The molecule has 0 fully saturated rings. The van der Waals surface area contributed by atoms with Gasteiger partial charge in [0, 0.05) is 6.42 Å². The maximum Gasteiger partial charge on any atom is 0.408 e. The van der Waals surface area contributed by atoms with E-state index in [1.165, 1.54) is 0 Å². The largest absolute Gasteiger partial charge is 0.481 e.